The molecule has 1 aliphatic heterocycles. The normalized spacial score (nSPS) is 17.8. The molecule has 0 amide bonds. The van der Waals surface area contributed by atoms with Crippen LogP contribution in [0.25, 0.3) is 0 Å². The Labute approximate surface area is 158 Å². The highest BCUT2D eigenvalue weighted by molar-refractivity contribution is 7.89. The number of hydrogen-bond donors (Lipinski definition) is 2. The SMILES string of the molecule is NS(=O)(=O)c1ccc(NC2CCN(c3ccc(F)cc3F)C2)cc1C(F)(F)F. The van der Waals surface area contributed by atoms with E-state index in [4.69, 9.17) is 5.14 Å². The Balaban J connectivity index is 1.79. The molecule has 1 heterocycles. The molecule has 0 spiro atoms. The van der Waals surface area contributed by atoms with Gasteiger partial charge in [0.2, 0.25) is 10.0 Å². The Kier molecular flexibility index (Phi) is 5.24. The molecular weight excluding hydrogens is 405 g/mol. The molecule has 3 N–H and O–H groups in total. The van der Waals surface area contributed by atoms with Gasteiger partial charge >= 0.3 is 6.18 Å². The maximum absolute atomic E-state index is 13.9. The maximum atomic E-state index is 13.9. The maximum Gasteiger partial charge on any atom is 0.417 e. The van der Waals surface area contributed by atoms with Crippen LogP contribution in [0.3, 0.4) is 0 Å². The van der Waals surface area contributed by atoms with Gasteiger partial charge in [0.25, 0.3) is 0 Å². The van der Waals surface area contributed by atoms with E-state index >= 15 is 0 Å². The van der Waals surface area contributed by atoms with Gasteiger partial charge in [-0.2, -0.15) is 13.2 Å². The van der Waals surface area contributed by atoms with Crippen molar-refractivity contribution in [2.75, 3.05) is 23.3 Å². The highest BCUT2D eigenvalue weighted by Gasteiger charge is 2.37. The molecule has 2 aromatic rings. The van der Waals surface area contributed by atoms with Crippen LogP contribution in [0.5, 0.6) is 0 Å². The number of nitrogens with zero attached hydrogens (tertiary/aromatic N) is 1. The monoisotopic (exact) mass is 421 g/mol. The van der Waals surface area contributed by atoms with E-state index in [-0.39, 0.29) is 24.0 Å². The number of hydrogen-bond acceptors (Lipinski definition) is 4. The number of halogens is 5. The van der Waals surface area contributed by atoms with Crippen LogP contribution in [0.4, 0.5) is 33.3 Å². The second-order valence-corrected chi connectivity index (χ2v) is 7.96. The third-order valence-electron chi connectivity index (χ3n) is 4.40. The van der Waals surface area contributed by atoms with Crippen LogP contribution in [0.15, 0.2) is 41.3 Å². The van der Waals surface area contributed by atoms with Crippen molar-refractivity contribution in [2.45, 2.75) is 23.5 Å². The fourth-order valence-corrected chi connectivity index (χ4v) is 3.90. The molecule has 28 heavy (non-hydrogen) atoms. The highest BCUT2D eigenvalue weighted by Crippen LogP contribution is 2.36. The first-order valence-electron chi connectivity index (χ1n) is 8.16. The summed E-state index contributed by atoms with van der Waals surface area (Å²) in [5.41, 5.74) is -1.10. The molecule has 152 valence electrons. The zero-order valence-electron chi connectivity index (χ0n) is 14.3. The summed E-state index contributed by atoms with van der Waals surface area (Å²) in [6.45, 7) is 0.697. The van der Waals surface area contributed by atoms with Crippen LogP contribution < -0.4 is 15.4 Å². The van der Waals surface area contributed by atoms with Crippen molar-refractivity contribution in [1.82, 2.24) is 0 Å². The van der Waals surface area contributed by atoms with Crippen molar-refractivity contribution in [1.29, 1.82) is 0 Å². The zero-order chi connectivity index (χ0) is 20.7. The molecule has 0 aromatic heterocycles. The summed E-state index contributed by atoms with van der Waals surface area (Å²) < 4.78 is 89.3. The third-order valence-corrected chi connectivity index (χ3v) is 5.37. The van der Waals surface area contributed by atoms with E-state index in [9.17, 15) is 30.4 Å². The number of rotatable bonds is 4. The lowest BCUT2D eigenvalue weighted by atomic mass is 10.1. The lowest BCUT2D eigenvalue weighted by molar-refractivity contribution is -0.139. The first-order chi connectivity index (χ1) is 12.9. The Hall–Kier alpha value is -2.40. The summed E-state index contributed by atoms with van der Waals surface area (Å²) in [6, 6.07) is 5.55. The van der Waals surface area contributed by atoms with E-state index < -0.39 is 38.3 Å². The van der Waals surface area contributed by atoms with Gasteiger partial charge < -0.3 is 10.2 Å². The Morgan fingerprint density at radius 1 is 1.11 bits per heavy atom. The minimum Gasteiger partial charge on any atom is -0.380 e. The van der Waals surface area contributed by atoms with Gasteiger partial charge in [0.1, 0.15) is 11.6 Å². The Morgan fingerprint density at radius 3 is 2.43 bits per heavy atom. The highest BCUT2D eigenvalue weighted by atomic mass is 32.2. The summed E-state index contributed by atoms with van der Waals surface area (Å²) in [6.07, 6.45) is -4.41. The van der Waals surface area contributed by atoms with E-state index in [1.807, 2.05) is 0 Å². The van der Waals surface area contributed by atoms with Crippen molar-refractivity contribution in [3.05, 3.63) is 53.6 Å². The molecule has 1 aliphatic rings. The van der Waals surface area contributed by atoms with Gasteiger partial charge in [0, 0.05) is 30.9 Å². The lowest BCUT2D eigenvalue weighted by Crippen LogP contribution is -2.27. The smallest absolute Gasteiger partial charge is 0.380 e. The number of sulfonamides is 1. The van der Waals surface area contributed by atoms with E-state index in [1.54, 1.807) is 4.90 Å². The quantitative estimate of drug-likeness (QED) is 0.743. The predicted octanol–water partition coefficient (Wildman–Crippen LogP) is 3.32. The first kappa shape index (κ1) is 20.3. The largest absolute Gasteiger partial charge is 0.417 e. The summed E-state index contributed by atoms with van der Waals surface area (Å²) in [5.74, 6) is -1.43. The van der Waals surface area contributed by atoms with Crippen molar-refractivity contribution in [3.63, 3.8) is 0 Å². The van der Waals surface area contributed by atoms with Crippen LogP contribution in [-0.4, -0.2) is 27.5 Å². The van der Waals surface area contributed by atoms with E-state index in [1.165, 1.54) is 12.1 Å². The molecule has 1 saturated heterocycles. The second kappa shape index (κ2) is 7.21. The zero-order valence-corrected chi connectivity index (χ0v) is 15.1. The number of benzene rings is 2. The molecule has 0 saturated carbocycles. The molecule has 0 aliphatic carbocycles. The fraction of sp³-hybridized carbons (Fsp3) is 0.294. The number of alkyl halides is 3. The Morgan fingerprint density at radius 2 is 1.82 bits per heavy atom. The van der Waals surface area contributed by atoms with Crippen LogP contribution in [0.2, 0.25) is 0 Å². The molecule has 5 nitrogen and oxygen atoms in total. The van der Waals surface area contributed by atoms with Gasteiger partial charge in [-0.1, -0.05) is 0 Å². The molecule has 0 radical (unpaired) electrons. The topological polar surface area (TPSA) is 75.4 Å². The molecule has 11 heteroatoms. The van der Waals surface area contributed by atoms with Gasteiger partial charge in [-0.05, 0) is 36.8 Å². The fourth-order valence-electron chi connectivity index (χ4n) is 3.16. The van der Waals surface area contributed by atoms with Crippen molar-refractivity contribution in [2.24, 2.45) is 5.14 Å². The first-order valence-corrected chi connectivity index (χ1v) is 9.70. The van der Waals surface area contributed by atoms with Gasteiger partial charge in [-0.15, -0.1) is 0 Å². The molecule has 1 unspecified atom stereocenters. The van der Waals surface area contributed by atoms with Gasteiger partial charge in [-0.25, -0.2) is 22.3 Å². The van der Waals surface area contributed by atoms with Gasteiger partial charge in [0.05, 0.1) is 16.1 Å². The molecule has 0 bridgehead atoms. The minimum absolute atomic E-state index is 0.0613. The standard InChI is InChI=1S/C17H16F5N3O2S/c18-10-1-3-15(14(19)7-10)25-6-5-12(9-25)24-11-2-4-16(28(23,26)27)13(8-11)17(20,21)22/h1-4,7-8,12,24H,5-6,9H2,(H2,23,26,27). The van der Waals surface area contributed by atoms with Crippen molar-refractivity contribution < 1.29 is 30.4 Å². The second-order valence-electron chi connectivity index (χ2n) is 6.43. The summed E-state index contributed by atoms with van der Waals surface area (Å²) >= 11 is 0. The van der Waals surface area contributed by atoms with E-state index in [0.717, 1.165) is 18.2 Å². The summed E-state index contributed by atoms with van der Waals surface area (Å²) in [7, 11) is -4.54. The molecule has 3 rings (SSSR count). The van der Waals surface area contributed by atoms with Crippen LogP contribution in [0, 0.1) is 11.6 Å². The van der Waals surface area contributed by atoms with Crippen LogP contribution in [0.1, 0.15) is 12.0 Å². The van der Waals surface area contributed by atoms with Crippen LogP contribution in [-0.2, 0) is 16.2 Å². The van der Waals surface area contributed by atoms with Crippen molar-refractivity contribution >= 4 is 21.4 Å². The van der Waals surface area contributed by atoms with Gasteiger partial charge in [-0.3, -0.25) is 0 Å². The lowest BCUT2D eigenvalue weighted by Gasteiger charge is -2.21. The molecular formula is C17H16F5N3O2S. The van der Waals surface area contributed by atoms with E-state index in [2.05, 4.69) is 5.32 Å². The summed E-state index contributed by atoms with van der Waals surface area (Å²) in [5, 5.41) is 7.75. The predicted molar refractivity (Wildman–Crippen MR) is 93.4 cm³/mol. The van der Waals surface area contributed by atoms with Crippen molar-refractivity contribution in [3.8, 4) is 0 Å². The van der Waals surface area contributed by atoms with E-state index in [0.29, 0.717) is 19.0 Å². The molecule has 1 fully saturated rings. The Bertz CT molecular complexity index is 995. The molecule has 2 aromatic carbocycles. The number of primary sulfonamides is 1. The third kappa shape index (κ3) is 4.36. The summed E-state index contributed by atoms with van der Waals surface area (Å²) in [4.78, 5) is 0.641. The minimum atomic E-state index is -4.90. The van der Waals surface area contributed by atoms with Gasteiger partial charge in [0.15, 0.2) is 0 Å². The van der Waals surface area contributed by atoms with Crippen LogP contribution >= 0.6 is 0 Å². The number of anilines is 2. The number of nitrogens with two attached hydrogens (primary N) is 1. The molecule has 1 atom stereocenters. The number of nitrogens with one attached hydrogen (secondary N) is 1. The average molecular weight is 421 g/mol. The average Bonchev–Trinajstić information content (AvgIpc) is 3.01.